The average Bonchev–Trinajstić information content (AvgIpc) is 2.85. The average molecular weight is 265 g/mol. The van der Waals surface area contributed by atoms with Crippen LogP contribution in [0.2, 0.25) is 0 Å². The summed E-state index contributed by atoms with van der Waals surface area (Å²) in [5.74, 6) is -1.32. The number of benzene rings is 1. The smallest absolute Gasteiger partial charge is 0.169 e. The number of rotatable bonds is 3. The van der Waals surface area contributed by atoms with Gasteiger partial charge in [-0.2, -0.15) is 0 Å². The predicted molar refractivity (Wildman–Crippen MR) is 49.3 cm³/mol. The largest absolute Gasteiger partial charge is 0.487 e. The topological polar surface area (TPSA) is 21.8 Å². The fourth-order valence-corrected chi connectivity index (χ4v) is 1.53. The fourth-order valence-electron chi connectivity index (χ4n) is 1.01. The molecule has 1 fully saturated rings. The van der Waals surface area contributed by atoms with Gasteiger partial charge in [0, 0.05) is 6.07 Å². The molecule has 14 heavy (non-hydrogen) atoms. The summed E-state index contributed by atoms with van der Waals surface area (Å²) in [6.45, 7) is 0.932. The maximum absolute atomic E-state index is 13.1. The first kappa shape index (κ1) is 9.86. The quantitative estimate of drug-likeness (QED) is 0.783. The lowest BCUT2D eigenvalue weighted by atomic mass is 10.3. The van der Waals surface area contributed by atoms with Gasteiger partial charge in [0.2, 0.25) is 0 Å². The lowest BCUT2D eigenvalue weighted by Gasteiger charge is -2.07. The molecule has 0 aromatic heterocycles. The zero-order valence-corrected chi connectivity index (χ0v) is 8.68. The Morgan fingerprint density at radius 2 is 2.21 bits per heavy atom. The minimum Gasteiger partial charge on any atom is -0.487 e. The van der Waals surface area contributed by atoms with Crippen LogP contribution in [0.1, 0.15) is 0 Å². The molecule has 1 heterocycles. The van der Waals surface area contributed by atoms with Crippen LogP contribution < -0.4 is 4.74 Å². The molecule has 0 saturated carbocycles. The zero-order chi connectivity index (χ0) is 10.1. The van der Waals surface area contributed by atoms with Gasteiger partial charge in [0.05, 0.1) is 11.1 Å². The lowest BCUT2D eigenvalue weighted by molar-refractivity contribution is 0.252. The molecule has 1 aromatic carbocycles. The molecule has 1 aliphatic heterocycles. The van der Waals surface area contributed by atoms with Crippen molar-refractivity contribution in [1.29, 1.82) is 0 Å². The maximum atomic E-state index is 13.1. The van der Waals surface area contributed by atoms with Crippen LogP contribution in [0.3, 0.4) is 0 Å². The van der Waals surface area contributed by atoms with E-state index in [1.807, 2.05) is 0 Å². The van der Waals surface area contributed by atoms with Crippen LogP contribution in [0, 0.1) is 11.6 Å². The van der Waals surface area contributed by atoms with Gasteiger partial charge in [0.1, 0.15) is 18.5 Å². The molecule has 0 bridgehead atoms. The molecule has 2 nitrogen and oxygen atoms in total. The van der Waals surface area contributed by atoms with Crippen LogP contribution in [-0.2, 0) is 4.74 Å². The second-order valence-electron chi connectivity index (χ2n) is 2.96. The Hall–Kier alpha value is -0.680. The van der Waals surface area contributed by atoms with Gasteiger partial charge in [-0.25, -0.2) is 8.78 Å². The first-order valence-electron chi connectivity index (χ1n) is 4.06. The normalized spacial score (nSPS) is 19.5. The number of ether oxygens (including phenoxy) is 2. The Morgan fingerprint density at radius 1 is 1.50 bits per heavy atom. The Labute approximate surface area is 87.9 Å². The number of epoxide rings is 1. The summed E-state index contributed by atoms with van der Waals surface area (Å²) < 4.78 is 36.1. The third kappa shape index (κ3) is 2.22. The van der Waals surface area contributed by atoms with Gasteiger partial charge in [0.25, 0.3) is 0 Å². The molecule has 0 aliphatic carbocycles. The van der Waals surface area contributed by atoms with E-state index in [1.54, 1.807) is 0 Å². The molecule has 0 amide bonds. The molecule has 1 unspecified atom stereocenters. The van der Waals surface area contributed by atoms with Crippen molar-refractivity contribution in [1.82, 2.24) is 0 Å². The van der Waals surface area contributed by atoms with Crippen molar-refractivity contribution in [3.8, 4) is 5.75 Å². The molecular formula is C9H7BrF2O2. The summed E-state index contributed by atoms with van der Waals surface area (Å²) in [6, 6.07) is 1.94. The molecule has 0 spiro atoms. The van der Waals surface area contributed by atoms with Crippen molar-refractivity contribution in [2.75, 3.05) is 13.2 Å². The third-order valence-corrected chi connectivity index (χ3v) is 2.37. The third-order valence-electron chi connectivity index (χ3n) is 1.78. The molecule has 1 aromatic rings. The SMILES string of the molecule is Fc1cc(F)c(OCC2CO2)c(Br)c1. The van der Waals surface area contributed by atoms with Gasteiger partial charge in [-0.05, 0) is 22.0 Å². The minimum absolute atomic E-state index is 0.0295. The van der Waals surface area contributed by atoms with E-state index in [0.717, 1.165) is 12.1 Å². The van der Waals surface area contributed by atoms with Crippen LogP contribution in [0.4, 0.5) is 8.78 Å². The minimum atomic E-state index is -0.711. The monoisotopic (exact) mass is 264 g/mol. The van der Waals surface area contributed by atoms with Gasteiger partial charge >= 0.3 is 0 Å². The first-order valence-corrected chi connectivity index (χ1v) is 4.85. The van der Waals surface area contributed by atoms with E-state index in [2.05, 4.69) is 15.9 Å². The summed E-state index contributed by atoms with van der Waals surface area (Å²) >= 11 is 3.02. The lowest BCUT2D eigenvalue weighted by Crippen LogP contribution is -2.06. The van der Waals surface area contributed by atoms with Crippen molar-refractivity contribution in [2.24, 2.45) is 0 Å². The van der Waals surface area contributed by atoms with E-state index in [1.165, 1.54) is 0 Å². The van der Waals surface area contributed by atoms with E-state index >= 15 is 0 Å². The van der Waals surface area contributed by atoms with E-state index in [4.69, 9.17) is 9.47 Å². The highest BCUT2D eigenvalue weighted by Crippen LogP contribution is 2.29. The first-order chi connectivity index (χ1) is 6.66. The molecule has 0 radical (unpaired) electrons. The molecule has 76 valence electrons. The molecule has 1 saturated heterocycles. The van der Waals surface area contributed by atoms with Crippen LogP contribution in [0.15, 0.2) is 16.6 Å². The Kier molecular flexibility index (Phi) is 2.69. The number of hydrogen-bond acceptors (Lipinski definition) is 2. The van der Waals surface area contributed by atoms with Crippen LogP contribution in [-0.4, -0.2) is 19.3 Å². The van der Waals surface area contributed by atoms with Crippen LogP contribution in [0.25, 0.3) is 0 Å². The standard InChI is InChI=1S/C9H7BrF2O2/c10-7-1-5(11)2-8(12)9(7)14-4-6-3-13-6/h1-2,6H,3-4H2. The van der Waals surface area contributed by atoms with E-state index in [9.17, 15) is 8.78 Å². The van der Waals surface area contributed by atoms with Gasteiger partial charge in [-0.1, -0.05) is 0 Å². The molecular weight excluding hydrogens is 258 g/mol. The second-order valence-corrected chi connectivity index (χ2v) is 3.82. The highest BCUT2D eigenvalue weighted by Gasteiger charge is 2.24. The van der Waals surface area contributed by atoms with Gasteiger partial charge in [0.15, 0.2) is 11.6 Å². The summed E-state index contributed by atoms with van der Waals surface area (Å²) in [5, 5.41) is 0. The summed E-state index contributed by atoms with van der Waals surface area (Å²) in [4.78, 5) is 0. The van der Waals surface area contributed by atoms with Crippen LogP contribution in [0.5, 0.6) is 5.75 Å². The number of halogens is 3. The van der Waals surface area contributed by atoms with E-state index in [-0.39, 0.29) is 16.3 Å². The van der Waals surface area contributed by atoms with E-state index < -0.39 is 11.6 Å². The van der Waals surface area contributed by atoms with Crippen molar-refractivity contribution < 1.29 is 18.3 Å². The van der Waals surface area contributed by atoms with Crippen molar-refractivity contribution in [3.63, 3.8) is 0 Å². The molecule has 1 atom stereocenters. The summed E-state index contributed by atoms with van der Waals surface area (Å²) in [5.41, 5.74) is 0. The Bertz CT molecular complexity index is 330. The second kappa shape index (κ2) is 3.82. The number of hydrogen-bond donors (Lipinski definition) is 0. The fraction of sp³-hybridized carbons (Fsp3) is 0.333. The molecule has 2 rings (SSSR count). The molecule has 5 heteroatoms. The summed E-state index contributed by atoms with van der Waals surface area (Å²) in [6.07, 6.45) is 0.0475. The van der Waals surface area contributed by atoms with Gasteiger partial charge < -0.3 is 9.47 Å². The Balaban J connectivity index is 2.13. The van der Waals surface area contributed by atoms with Crippen LogP contribution >= 0.6 is 15.9 Å². The highest BCUT2D eigenvalue weighted by molar-refractivity contribution is 9.10. The Morgan fingerprint density at radius 3 is 2.79 bits per heavy atom. The summed E-state index contributed by atoms with van der Waals surface area (Å²) in [7, 11) is 0. The van der Waals surface area contributed by atoms with Gasteiger partial charge in [-0.3, -0.25) is 0 Å². The van der Waals surface area contributed by atoms with Crippen molar-refractivity contribution in [3.05, 3.63) is 28.2 Å². The van der Waals surface area contributed by atoms with E-state index in [0.29, 0.717) is 13.2 Å². The molecule has 0 N–H and O–H groups in total. The maximum Gasteiger partial charge on any atom is 0.169 e. The molecule has 1 aliphatic rings. The van der Waals surface area contributed by atoms with Crippen molar-refractivity contribution in [2.45, 2.75) is 6.10 Å². The zero-order valence-electron chi connectivity index (χ0n) is 7.10. The highest BCUT2D eigenvalue weighted by atomic mass is 79.9. The van der Waals surface area contributed by atoms with Crippen molar-refractivity contribution >= 4 is 15.9 Å². The predicted octanol–water partition coefficient (Wildman–Crippen LogP) is 2.50. The van der Waals surface area contributed by atoms with Gasteiger partial charge in [-0.15, -0.1) is 0 Å².